The quantitative estimate of drug-likeness (QED) is 0.774. The summed E-state index contributed by atoms with van der Waals surface area (Å²) in [7, 11) is 0. The molecule has 3 aromatic rings. The van der Waals surface area contributed by atoms with E-state index in [1.165, 1.54) is 0 Å². The monoisotopic (exact) mass is 335 g/mol. The Morgan fingerprint density at radius 1 is 1.20 bits per heavy atom. The number of carbonyl (C=O) groups is 1. The zero-order valence-electron chi connectivity index (χ0n) is 13.5. The number of amides is 1. The van der Waals surface area contributed by atoms with Gasteiger partial charge in [0.25, 0.3) is 0 Å². The fourth-order valence-electron chi connectivity index (χ4n) is 2.95. The van der Waals surface area contributed by atoms with Gasteiger partial charge in [-0.2, -0.15) is 0 Å². The van der Waals surface area contributed by atoms with Crippen LogP contribution in [0.3, 0.4) is 0 Å². The maximum atomic E-state index is 12.3. The van der Waals surface area contributed by atoms with Crippen LogP contribution in [0.2, 0.25) is 0 Å². The lowest BCUT2D eigenvalue weighted by Crippen LogP contribution is -2.31. The van der Waals surface area contributed by atoms with Gasteiger partial charge in [-0.1, -0.05) is 18.2 Å². The van der Waals surface area contributed by atoms with Crippen LogP contribution >= 0.6 is 0 Å². The Balaban J connectivity index is 1.50. The molecule has 0 spiro atoms. The van der Waals surface area contributed by atoms with Gasteiger partial charge in [-0.3, -0.25) is 4.98 Å². The van der Waals surface area contributed by atoms with E-state index in [4.69, 9.17) is 9.47 Å². The highest BCUT2D eigenvalue weighted by molar-refractivity contribution is 5.78. The molecule has 0 fully saturated rings. The van der Waals surface area contributed by atoms with E-state index in [0.29, 0.717) is 6.61 Å². The summed E-state index contributed by atoms with van der Waals surface area (Å²) in [5.41, 5.74) is 1.70. The Morgan fingerprint density at radius 3 is 3.08 bits per heavy atom. The zero-order valence-corrected chi connectivity index (χ0v) is 13.5. The molecule has 2 aromatic heterocycles. The van der Waals surface area contributed by atoms with E-state index in [1.807, 2.05) is 30.3 Å². The maximum absolute atomic E-state index is 12.3. The van der Waals surface area contributed by atoms with Crippen molar-refractivity contribution in [3.8, 4) is 11.6 Å². The molecule has 4 rings (SSSR count). The van der Waals surface area contributed by atoms with Gasteiger partial charge < -0.3 is 14.8 Å². The minimum atomic E-state index is -0.525. The molecular weight excluding hydrogens is 318 g/mol. The van der Waals surface area contributed by atoms with Crippen LogP contribution in [0.1, 0.15) is 24.4 Å². The van der Waals surface area contributed by atoms with Crippen LogP contribution < -0.4 is 14.8 Å². The van der Waals surface area contributed by atoms with Gasteiger partial charge in [0.05, 0.1) is 18.2 Å². The molecule has 0 saturated heterocycles. The fourth-order valence-corrected chi connectivity index (χ4v) is 2.95. The van der Waals surface area contributed by atoms with Gasteiger partial charge in [0, 0.05) is 29.4 Å². The van der Waals surface area contributed by atoms with Gasteiger partial charge in [0.15, 0.2) is 0 Å². The SMILES string of the molecule is O=C(NC1CCCOc2ccccc21)Oc1ccc2cnccc2n1. The molecule has 1 amide bonds. The number of benzene rings is 1. The molecule has 3 heterocycles. The normalized spacial score (nSPS) is 16.4. The summed E-state index contributed by atoms with van der Waals surface area (Å²) in [5, 5.41) is 3.81. The summed E-state index contributed by atoms with van der Waals surface area (Å²) in [4.78, 5) is 20.7. The van der Waals surface area contributed by atoms with Crippen molar-refractivity contribution in [3.63, 3.8) is 0 Å². The smallest absolute Gasteiger partial charge is 0.414 e. The van der Waals surface area contributed by atoms with E-state index in [-0.39, 0.29) is 11.9 Å². The van der Waals surface area contributed by atoms with Crippen LogP contribution in [0.15, 0.2) is 54.9 Å². The highest BCUT2D eigenvalue weighted by atomic mass is 16.6. The molecular formula is C19H17N3O3. The molecule has 1 aliphatic rings. The predicted molar refractivity (Wildman–Crippen MR) is 92.6 cm³/mol. The highest BCUT2D eigenvalue weighted by Crippen LogP contribution is 2.31. The second-order valence-electron chi connectivity index (χ2n) is 5.83. The summed E-state index contributed by atoms with van der Waals surface area (Å²) in [6, 6.07) is 12.9. The Hall–Kier alpha value is -3.15. The molecule has 0 radical (unpaired) electrons. The van der Waals surface area contributed by atoms with Crippen LogP contribution in [-0.2, 0) is 0 Å². The number of para-hydroxylation sites is 1. The molecule has 6 heteroatoms. The minimum Gasteiger partial charge on any atom is -0.493 e. The van der Waals surface area contributed by atoms with Crippen molar-refractivity contribution < 1.29 is 14.3 Å². The number of hydrogen-bond acceptors (Lipinski definition) is 5. The van der Waals surface area contributed by atoms with E-state index >= 15 is 0 Å². The van der Waals surface area contributed by atoms with Gasteiger partial charge in [-0.05, 0) is 31.0 Å². The van der Waals surface area contributed by atoms with Crippen molar-refractivity contribution in [1.82, 2.24) is 15.3 Å². The lowest BCUT2D eigenvalue weighted by molar-refractivity contribution is 0.193. The van der Waals surface area contributed by atoms with Gasteiger partial charge in [-0.15, -0.1) is 0 Å². The lowest BCUT2D eigenvalue weighted by atomic mass is 10.0. The van der Waals surface area contributed by atoms with Gasteiger partial charge in [-0.25, -0.2) is 9.78 Å². The molecule has 126 valence electrons. The highest BCUT2D eigenvalue weighted by Gasteiger charge is 2.22. The van der Waals surface area contributed by atoms with Crippen molar-refractivity contribution in [1.29, 1.82) is 0 Å². The van der Waals surface area contributed by atoms with E-state index in [1.54, 1.807) is 24.5 Å². The van der Waals surface area contributed by atoms with Crippen molar-refractivity contribution in [2.45, 2.75) is 18.9 Å². The number of fused-ring (bicyclic) bond motifs is 2. The summed E-state index contributed by atoms with van der Waals surface area (Å²) in [6.45, 7) is 0.643. The fraction of sp³-hybridized carbons (Fsp3) is 0.211. The first kappa shape index (κ1) is 15.4. The predicted octanol–water partition coefficient (Wildman–Crippen LogP) is 3.63. The van der Waals surface area contributed by atoms with Gasteiger partial charge >= 0.3 is 6.09 Å². The number of ether oxygens (including phenoxy) is 2. The Kier molecular flexibility index (Phi) is 4.16. The number of hydrogen-bond donors (Lipinski definition) is 1. The third-order valence-corrected chi connectivity index (χ3v) is 4.14. The molecule has 6 nitrogen and oxygen atoms in total. The van der Waals surface area contributed by atoms with Crippen LogP contribution in [0.25, 0.3) is 10.9 Å². The molecule has 25 heavy (non-hydrogen) atoms. The number of rotatable bonds is 2. The Morgan fingerprint density at radius 2 is 2.12 bits per heavy atom. The zero-order chi connectivity index (χ0) is 17.1. The summed E-state index contributed by atoms with van der Waals surface area (Å²) < 4.78 is 11.1. The van der Waals surface area contributed by atoms with Gasteiger partial charge in [0.1, 0.15) is 5.75 Å². The first-order valence-corrected chi connectivity index (χ1v) is 8.20. The number of pyridine rings is 2. The molecule has 1 aromatic carbocycles. The average Bonchev–Trinajstić information content (AvgIpc) is 2.84. The second kappa shape index (κ2) is 6.76. The van der Waals surface area contributed by atoms with E-state index in [2.05, 4.69) is 15.3 Å². The van der Waals surface area contributed by atoms with E-state index in [9.17, 15) is 4.79 Å². The topological polar surface area (TPSA) is 73.3 Å². The number of carbonyl (C=O) groups excluding carboxylic acids is 1. The van der Waals surface area contributed by atoms with Crippen molar-refractivity contribution >= 4 is 17.0 Å². The average molecular weight is 335 g/mol. The second-order valence-corrected chi connectivity index (χ2v) is 5.83. The Labute approximate surface area is 144 Å². The largest absolute Gasteiger partial charge is 0.493 e. The van der Waals surface area contributed by atoms with Crippen LogP contribution in [0, 0.1) is 0 Å². The standard InChI is InChI=1S/C19H17N3O3/c23-19(25-18-8-7-13-12-20-10-9-15(13)21-18)22-16-5-3-11-24-17-6-2-1-4-14(16)17/h1-2,4,6-10,12,16H,3,5,11H2,(H,22,23). The Bertz CT molecular complexity index is 913. The van der Waals surface area contributed by atoms with E-state index in [0.717, 1.165) is 35.1 Å². The lowest BCUT2D eigenvalue weighted by Gasteiger charge is -2.17. The number of nitrogens with zero attached hydrogens (tertiary/aromatic N) is 2. The van der Waals surface area contributed by atoms with E-state index < -0.39 is 6.09 Å². The van der Waals surface area contributed by atoms with Crippen LogP contribution in [0.4, 0.5) is 4.79 Å². The van der Waals surface area contributed by atoms with Gasteiger partial charge in [0.2, 0.25) is 5.88 Å². The minimum absolute atomic E-state index is 0.143. The van der Waals surface area contributed by atoms with Crippen molar-refractivity contribution in [3.05, 3.63) is 60.4 Å². The number of nitrogens with one attached hydrogen (secondary N) is 1. The summed E-state index contributed by atoms with van der Waals surface area (Å²) in [6.07, 6.45) is 4.50. The molecule has 0 aliphatic carbocycles. The van der Waals surface area contributed by atoms with Crippen LogP contribution in [0.5, 0.6) is 11.6 Å². The third kappa shape index (κ3) is 3.38. The molecule has 1 unspecified atom stereocenters. The number of aromatic nitrogens is 2. The molecule has 1 N–H and O–H groups in total. The third-order valence-electron chi connectivity index (χ3n) is 4.14. The van der Waals surface area contributed by atoms with Crippen molar-refractivity contribution in [2.75, 3.05) is 6.61 Å². The molecule has 1 aliphatic heterocycles. The summed E-state index contributed by atoms with van der Waals surface area (Å²) in [5.74, 6) is 1.07. The van der Waals surface area contributed by atoms with Crippen LogP contribution in [-0.4, -0.2) is 22.7 Å². The molecule has 0 bridgehead atoms. The maximum Gasteiger partial charge on any atom is 0.414 e. The first-order valence-electron chi connectivity index (χ1n) is 8.20. The van der Waals surface area contributed by atoms with Crippen molar-refractivity contribution in [2.24, 2.45) is 0 Å². The molecule has 1 atom stereocenters. The first-order chi connectivity index (χ1) is 12.3. The molecule has 0 saturated carbocycles. The summed E-state index contributed by atoms with van der Waals surface area (Å²) >= 11 is 0.